The largest absolute Gasteiger partial charge is 0.366 e. The van der Waals surface area contributed by atoms with Gasteiger partial charge in [-0.25, -0.2) is 0 Å². The van der Waals surface area contributed by atoms with Crippen LogP contribution in [0.15, 0.2) is 36.4 Å². The first-order chi connectivity index (χ1) is 12.8. The third-order valence-electron chi connectivity index (χ3n) is 4.93. The number of amides is 1. The quantitative estimate of drug-likeness (QED) is 0.588. The fraction of sp³-hybridized carbons (Fsp3) is 0.350. The molecule has 1 amide bonds. The highest BCUT2D eigenvalue weighted by molar-refractivity contribution is 6.34. The van der Waals surface area contributed by atoms with Gasteiger partial charge < -0.3 is 10.2 Å². The number of nitrogens with zero attached hydrogens (tertiary/aromatic N) is 2. The van der Waals surface area contributed by atoms with Crippen molar-refractivity contribution in [2.45, 2.75) is 26.7 Å². The van der Waals surface area contributed by atoms with E-state index in [2.05, 4.69) is 12.2 Å². The van der Waals surface area contributed by atoms with Gasteiger partial charge in [0.05, 0.1) is 15.6 Å². The number of carbonyl (C=O) groups excluding carboxylic acids is 1. The summed E-state index contributed by atoms with van der Waals surface area (Å²) in [6.07, 6.45) is 2.01. The van der Waals surface area contributed by atoms with Gasteiger partial charge in [-0.15, -0.1) is 0 Å². The molecule has 0 saturated carbocycles. The summed E-state index contributed by atoms with van der Waals surface area (Å²) in [4.78, 5) is 25.7. The Hall–Kier alpha value is -2.60. The van der Waals surface area contributed by atoms with Gasteiger partial charge in [-0.2, -0.15) is 0 Å². The zero-order valence-electron chi connectivity index (χ0n) is 15.4. The monoisotopic (exact) mass is 387 g/mol. The molecule has 6 nitrogen and oxygen atoms in total. The summed E-state index contributed by atoms with van der Waals surface area (Å²) in [7, 11) is 0. The van der Waals surface area contributed by atoms with Crippen molar-refractivity contribution in [2.24, 2.45) is 5.92 Å². The van der Waals surface area contributed by atoms with E-state index < -0.39 is 10.8 Å². The van der Waals surface area contributed by atoms with Gasteiger partial charge in [0.2, 0.25) is 0 Å². The van der Waals surface area contributed by atoms with E-state index in [-0.39, 0.29) is 11.3 Å². The van der Waals surface area contributed by atoms with Crippen LogP contribution in [0.1, 0.15) is 35.7 Å². The van der Waals surface area contributed by atoms with Crippen LogP contribution < -0.4 is 10.2 Å². The second-order valence-electron chi connectivity index (χ2n) is 7.07. The first kappa shape index (κ1) is 19.2. The molecule has 2 aromatic carbocycles. The molecule has 0 atom stereocenters. The van der Waals surface area contributed by atoms with Crippen molar-refractivity contribution in [3.63, 3.8) is 0 Å². The maximum absolute atomic E-state index is 12.6. The Morgan fingerprint density at radius 3 is 2.56 bits per heavy atom. The summed E-state index contributed by atoms with van der Waals surface area (Å²) >= 11 is 6.15. The molecule has 27 heavy (non-hydrogen) atoms. The van der Waals surface area contributed by atoms with Crippen molar-refractivity contribution in [1.82, 2.24) is 0 Å². The Kier molecular flexibility index (Phi) is 5.65. The molecule has 0 bridgehead atoms. The molecule has 0 radical (unpaired) electrons. The van der Waals surface area contributed by atoms with E-state index in [1.54, 1.807) is 24.3 Å². The Balaban J connectivity index is 1.85. The molecular formula is C20H22ClN3O3. The van der Waals surface area contributed by atoms with Crippen LogP contribution in [0.4, 0.5) is 17.1 Å². The molecule has 2 aromatic rings. The number of rotatable bonds is 4. The van der Waals surface area contributed by atoms with Gasteiger partial charge in [-0.1, -0.05) is 24.6 Å². The molecule has 0 unspecified atom stereocenters. The minimum absolute atomic E-state index is 0.0489. The third kappa shape index (κ3) is 4.39. The van der Waals surface area contributed by atoms with Crippen LogP contribution in [0, 0.1) is 23.0 Å². The van der Waals surface area contributed by atoms with E-state index in [0.717, 1.165) is 31.5 Å². The lowest BCUT2D eigenvalue weighted by Gasteiger charge is -2.31. The molecule has 1 N–H and O–H groups in total. The van der Waals surface area contributed by atoms with Gasteiger partial charge >= 0.3 is 0 Å². The van der Waals surface area contributed by atoms with Crippen molar-refractivity contribution in [3.8, 4) is 0 Å². The molecule has 1 aliphatic heterocycles. The predicted octanol–water partition coefficient (Wildman–Crippen LogP) is 5.05. The standard InChI is InChI=1S/C20H22ClN3O3/c1-13-7-9-23(10-8-13)18-6-4-15(12-19(18)24(26)27)20(25)22-17-5-3-14(2)11-16(17)21/h3-6,11-13H,7-10H2,1-2H3,(H,22,25). The van der Waals surface area contributed by atoms with Gasteiger partial charge in [0.1, 0.15) is 5.69 Å². The highest BCUT2D eigenvalue weighted by atomic mass is 35.5. The first-order valence-corrected chi connectivity index (χ1v) is 9.34. The maximum atomic E-state index is 12.6. The molecular weight excluding hydrogens is 366 g/mol. The lowest BCUT2D eigenvalue weighted by Crippen LogP contribution is -2.33. The van der Waals surface area contributed by atoms with E-state index in [9.17, 15) is 14.9 Å². The van der Waals surface area contributed by atoms with Gasteiger partial charge in [0.25, 0.3) is 11.6 Å². The number of anilines is 2. The van der Waals surface area contributed by atoms with E-state index in [1.165, 1.54) is 6.07 Å². The van der Waals surface area contributed by atoms with Crippen LogP contribution in [-0.2, 0) is 0 Å². The number of nitro benzene ring substituents is 1. The van der Waals surface area contributed by atoms with Crippen LogP contribution in [0.5, 0.6) is 0 Å². The fourth-order valence-electron chi connectivity index (χ4n) is 3.24. The molecule has 1 heterocycles. The smallest absolute Gasteiger partial charge is 0.293 e. The zero-order chi connectivity index (χ0) is 19.6. The average molecular weight is 388 g/mol. The van der Waals surface area contributed by atoms with Crippen LogP contribution >= 0.6 is 11.6 Å². The van der Waals surface area contributed by atoms with Gasteiger partial charge in [-0.3, -0.25) is 14.9 Å². The highest BCUT2D eigenvalue weighted by Crippen LogP contribution is 2.33. The SMILES string of the molecule is Cc1ccc(NC(=O)c2ccc(N3CCC(C)CC3)c([N+](=O)[O-])c2)c(Cl)c1. The Morgan fingerprint density at radius 1 is 1.22 bits per heavy atom. The molecule has 0 spiro atoms. The first-order valence-electron chi connectivity index (χ1n) is 8.96. The number of hydrogen-bond donors (Lipinski definition) is 1. The van der Waals surface area contributed by atoms with Gasteiger partial charge in [0.15, 0.2) is 0 Å². The topological polar surface area (TPSA) is 75.5 Å². The second kappa shape index (κ2) is 7.96. The zero-order valence-corrected chi connectivity index (χ0v) is 16.1. The Morgan fingerprint density at radius 2 is 1.93 bits per heavy atom. The highest BCUT2D eigenvalue weighted by Gasteiger charge is 2.25. The number of benzene rings is 2. The minimum atomic E-state index is -0.428. The van der Waals surface area contributed by atoms with Crippen molar-refractivity contribution in [2.75, 3.05) is 23.3 Å². The maximum Gasteiger partial charge on any atom is 0.293 e. The summed E-state index contributed by atoms with van der Waals surface area (Å²) in [6.45, 7) is 5.66. The summed E-state index contributed by atoms with van der Waals surface area (Å²) in [6, 6.07) is 9.93. The molecule has 0 aliphatic carbocycles. The Bertz CT molecular complexity index is 877. The number of nitro groups is 1. The molecule has 1 saturated heterocycles. The number of hydrogen-bond acceptors (Lipinski definition) is 4. The number of halogens is 1. The summed E-state index contributed by atoms with van der Waals surface area (Å²) < 4.78 is 0. The number of aryl methyl sites for hydroxylation is 1. The Labute approximate surface area is 163 Å². The van der Waals surface area contributed by atoms with E-state index in [4.69, 9.17) is 11.6 Å². The van der Waals surface area contributed by atoms with Crippen molar-refractivity contribution >= 4 is 34.6 Å². The average Bonchev–Trinajstić information content (AvgIpc) is 2.64. The van der Waals surface area contributed by atoms with Gasteiger partial charge in [0, 0.05) is 24.7 Å². The van der Waals surface area contributed by atoms with E-state index >= 15 is 0 Å². The van der Waals surface area contributed by atoms with Crippen LogP contribution in [0.3, 0.4) is 0 Å². The predicted molar refractivity (Wildman–Crippen MR) is 108 cm³/mol. The molecule has 7 heteroatoms. The van der Waals surface area contributed by atoms with Crippen molar-refractivity contribution in [1.29, 1.82) is 0 Å². The van der Waals surface area contributed by atoms with Crippen molar-refractivity contribution < 1.29 is 9.72 Å². The number of piperidine rings is 1. The molecule has 0 aromatic heterocycles. The summed E-state index contributed by atoms with van der Waals surface area (Å²) in [5.74, 6) is 0.201. The lowest BCUT2D eigenvalue weighted by molar-refractivity contribution is -0.384. The number of carbonyl (C=O) groups is 1. The van der Waals surface area contributed by atoms with Crippen molar-refractivity contribution in [3.05, 3.63) is 62.7 Å². The molecule has 3 rings (SSSR count). The minimum Gasteiger partial charge on any atom is -0.366 e. The van der Waals surface area contributed by atoms with Crippen LogP contribution in [0.25, 0.3) is 0 Å². The van der Waals surface area contributed by atoms with Crippen LogP contribution in [-0.4, -0.2) is 23.9 Å². The van der Waals surface area contributed by atoms with E-state index in [1.807, 2.05) is 17.9 Å². The number of nitrogens with one attached hydrogen (secondary N) is 1. The second-order valence-corrected chi connectivity index (χ2v) is 7.47. The van der Waals surface area contributed by atoms with E-state index in [0.29, 0.717) is 22.3 Å². The molecule has 142 valence electrons. The third-order valence-corrected chi connectivity index (χ3v) is 5.24. The molecule has 1 fully saturated rings. The van der Waals surface area contributed by atoms with Gasteiger partial charge in [-0.05, 0) is 55.5 Å². The molecule has 1 aliphatic rings. The fourth-order valence-corrected chi connectivity index (χ4v) is 3.53. The normalized spacial score (nSPS) is 14.9. The summed E-state index contributed by atoms with van der Waals surface area (Å²) in [5.41, 5.74) is 2.20. The lowest BCUT2D eigenvalue weighted by atomic mass is 9.98. The van der Waals surface area contributed by atoms with Crippen LogP contribution in [0.2, 0.25) is 5.02 Å². The summed E-state index contributed by atoms with van der Waals surface area (Å²) in [5, 5.41) is 14.7.